The Kier molecular flexibility index (Phi) is 4.04. The van der Waals surface area contributed by atoms with Crippen LogP contribution >= 0.6 is 27.5 Å². The van der Waals surface area contributed by atoms with E-state index in [0.717, 1.165) is 18.4 Å². The first kappa shape index (κ1) is 16.5. The lowest BCUT2D eigenvalue weighted by Gasteiger charge is -2.35. The number of hydrogen-bond donors (Lipinski definition) is 2. The quantitative estimate of drug-likeness (QED) is 0.682. The molecule has 2 amide bonds. The summed E-state index contributed by atoms with van der Waals surface area (Å²) in [6.45, 7) is 0. The topological polar surface area (TPSA) is 78.1 Å². The highest BCUT2D eigenvalue weighted by Crippen LogP contribution is 2.42. The zero-order valence-electron chi connectivity index (χ0n) is 12.9. The Bertz CT molecular complexity index is 935. The molecule has 1 fully saturated rings. The molecule has 6 nitrogen and oxygen atoms in total. The summed E-state index contributed by atoms with van der Waals surface area (Å²) in [7, 11) is 0. The van der Waals surface area contributed by atoms with Crippen molar-refractivity contribution >= 4 is 39.2 Å². The number of hydrogen-bond acceptors (Lipinski definition) is 3. The van der Waals surface area contributed by atoms with E-state index in [1.807, 2.05) is 0 Å². The number of amides is 2. The van der Waals surface area contributed by atoms with Crippen molar-refractivity contribution in [1.82, 2.24) is 15.1 Å². The summed E-state index contributed by atoms with van der Waals surface area (Å²) >= 11 is 9.13. The molecular formula is C16H13BrClFN4O2. The van der Waals surface area contributed by atoms with Gasteiger partial charge in [0.2, 0.25) is 0 Å². The SMILES string of the molecule is O=C(Nc1cc(Cl)c(Br)cc1F)N1[C@@H]2CC[C@H]1c1n[nH]c(=O)cc1C2. The average molecular weight is 428 g/mol. The first-order valence-corrected chi connectivity index (χ1v) is 8.93. The molecule has 2 aliphatic rings. The molecule has 1 aromatic heterocycles. The van der Waals surface area contributed by atoms with Crippen molar-refractivity contribution in [3.63, 3.8) is 0 Å². The molecule has 2 bridgehead atoms. The van der Waals surface area contributed by atoms with Crippen LogP contribution in [0.1, 0.15) is 30.1 Å². The Morgan fingerprint density at radius 3 is 3.00 bits per heavy atom. The Balaban J connectivity index is 1.63. The maximum Gasteiger partial charge on any atom is 0.322 e. The van der Waals surface area contributed by atoms with E-state index in [-0.39, 0.29) is 23.3 Å². The number of carbonyl (C=O) groups is 1. The standard InChI is InChI=1S/C16H13BrClFN4O2/c17-9-5-11(19)12(6-10(9)18)20-16(25)23-8-1-2-13(23)15-7(3-8)4-14(24)21-22-15/h4-6,8,13H,1-3H2,(H,20,25)(H,21,24)/t8-,13+/m1/s1. The molecule has 9 heteroatoms. The van der Waals surface area contributed by atoms with Gasteiger partial charge in [-0.1, -0.05) is 11.6 Å². The summed E-state index contributed by atoms with van der Waals surface area (Å²) < 4.78 is 14.5. The van der Waals surface area contributed by atoms with Crippen molar-refractivity contribution in [2.45, 2.75) is 31.3 Å². The fourth-order valence-electron chi connectivity index (χ4n) is 3.61. The number of rotatable bonds is 1. The minimum absolute atomic E-state index is 0.0258. The van der Waals surface area contributed by atoms with Crippen molar-refractivity contribution in [2.75, 3.05) is 5.32 Å². The number of H-pyrrole nitrogens is 1. The second kappa shape index (κ2) is 6.10. The van der Waals surface area contributed by atoms with Gasteiger partial charge < -0.3 is 10.2 Å². The van der Waals surface area contributed by atoms with Gasteiger partial charge in [-0.05, 0) is 52.9 Å². The molecule has 0 unspecified atom stereocenters. The third-order valence-corrected chi connectivity index (χ3v) is 5.88. The van der Waals surface area contributed by atoms with Crippen LogP contribution in [0.2, 0.25) is 5.02 Å². The molecule has 1 aromatic carbocycles. The largest absolute Gasteiger partial charge is 0.322 e. The predicted octanol–water partition coefficient (Wildman–Crippen LogP) is 3.62. The predicted molar refractivity (Wildman–Crippen MR) is 94.3 cm³/mol. The number of nitrogens with one attached hydrogen (secondary N) is 2. The molecule has 2 aromatic rings. The molecule has 3 heterocycles. The summed E-state index contributed by atoms with van der Waals surface area (Å²) in [5, 5.41) is 9.45. The van der Waals surface area contributed by atoms with Crippen LogP contribution in [0, 0.1) is 5.82 Å². The summed E-state index contributed by atoms with van der Waals surface area (Å²) in [5.74, 6) is -0.572. The number of aromatic amines is 1. The van der Waals surface area contributed by atoms with Crippen LogP contribution in [0.25, 0.3) is 0 Å². The molecule has 0 saturated carbocycles. The summed E-state index contributed by atoms with van der Waals surface area (Å²) in [6.07, 6.45) is 2.14. The average Bonchev–Trinajstić information content (AvgIpc) is 2.88. The lowest BCUT2D eigenvalue weighted by Crippen LogP contribution is -2.45. The van der Waals surface area contributed by atoms with Gasteiger partial charge in [-0.25, -0.2) is 14.3 Å². The maximum absolute atomic E-state index is 14.1. The zero-order valence-corrected chi connectivity index (χ0v) is 15.2. The van der Waals surface area contributed by atoms with E-state index in [4.69, 9.17) is 11.6 Å². The lowest BCUT2D eigenvalue weighted by atomic mass is 9.99. The molecule has 1 saturated heterocycles. The summed E-state index contributed by atoms with van der Waals surface area (Å²) in [5.41, 5.74) is 1.36. The number of halogens is 3. The third kappa shape index (κ3) is 2.83. The van der Waals surface area contributed by atoms with Crippen molar-refractivity contribution < 1.29 is 9.18 Å². The molecule has 2 aliphatic heterocycles. The number of fused-ring (bicyclic) bond motifs is 4. The fourth-order valence-corrected chi connectivity index (χ4v) is 4.09. The number of aromatic nitrogens is 2. The monoisotopic (exact) mass is 426 g/mol. The highest BCUT2D eigenvalue weighted by atomic mass is 79.9. The van der Waals surface area contributed by atoms with E-state index in [9.17, 15) is 14.0 Å². The van der Waals surface area contributed by atoms with E-state index in [0.29, 0.717) is 21.6 Å². The molecule has 0 aliphatic carbocycles. The van der Waals surface area contributed by atoms with E-state index >= 15 is 0 Å². The van der Waals surface area contributed by atoms with Gasteiger partial charge in [0.1, 0.15) is 5.82 Å². The number of urea groups is 1. The highest BCUT2D eigenvalue weighted by Gasteiger charge is 2.44. The van der Waals surface area contributed by atoms with Gasteiger partial charge in [-0.15, -0.1) is 0 Å². The van der Waals surface area contributed by atoms with Crippen molar-refractivity contribution in [3.05, 3.63) is 55.1 Å². The van der Waals surface area contributed by atoms with E-state index in [1.165, 1.54) is 18.2 Å². The molecule has 2 N–H and O–H groups in total. The van der Waals surface area contributed by atoms with Gasteiger partial charge in [0.05, 0.1) is 22.4 Å². The minimum atomic E-state index is -0.572. The van der Waals surface area contributed by atoms with Crippen LogP contribution < -0.4 is 10.9 Å². The Morgan fingerprint density at radius 1 is 1.40 bits per heavy atom. The van der Waals surface area contributed by atoms with Gasteiger partial charge in [-0.2, -0.15) is 5.10 Å². The first-order valence-electron chi connectivity index (χ1n) is 7.76. The van der Waals surface area contributed by atoms with Crippen LogP contribution in [0.3, 0.4) is 0 Å². The lowest BCUT2D eigenvalue weighted by molar-refractivity contribution is 0.177. The van der Waals surface area contributed by atoms with Crippen LogP contribution in [0.5, 0.6) is 0 Å². The molecule has 130 valence electrons. The molecule has 0 spiro atoms. The second-order valence-electron chi connectivity index (χ2n) is 6.18. The maximum atomic E-state index is 14.1. The van der Waals surface area contributed by atoms with Gasteiger partial charge in [0.15, 0.2) is 0 Å². The molecule has 2 atom stereocenters. The number of nitrogens with zero attached hydrogens (tertiary/aromatic N) is 2. The second-order valence-corrected chi connectivity index (χ2v) is 7.44. The Morgan fingerprint density at radius 2 is 2.20 bits per heavy atom. The summed E-state index contributed by atoms with van der Waals surface area (Å²) in [6, 6.07) is 3.47. The molecule has 0 radical (unpaired) electrons. The normalized spacial score (nSPS) is 21.2. The van der Waals surface area contributed by atoms with Crippen LogP contribution in [-0.4, -0.2) is 27.2 Å². The van der Waals surface area contributed by atoms with Gasteiger partial charge in [-0.3, -0.25) is 4.79 Å². The van der Waals surface area contributed by atoms with E-state index in [1.54, 1.807) is 4.90 Å². The van der Waals surface area contributed by atoms with Crippen LogP contribution in [0.15, 0.2) is 27.5 Å². The van der Waals surface area contributed by atoms with Crippen molar-refractivity contribution in [2.24, 2.45) is 0 Å². The highest BCUT2D eigenvalue weighted by molar-refractivity contribution is 9.10. The third-order valence-electron chi connectivity index (χ3n) is 4.68. The summed E-state index contributed by atoms with van der Waals surface area (Å²) in [4.78, 5) is 25.9. The van der Waals surface area contributed by atoms with Gasteiger partial charge in [0, 0.05) is 16.6 Å². The fraction of sp³-hybridized carbons (Fsp3) is 0.312. The zero-order chi connectivity index (χ0) is 17.7. The number of benzene rings is 1. The Labute approximate surface area is 155 Å². The van der Waals surface area contributed by atoms with E-state index < -0.39 is 11.8 Å². The first-order chi connectivity index (χ1) is 11.9. The molecule has 25 heavy (non-hydrogen) atoms. The van der Waals surface area contributed by atoms with Crippen molar-refractivity contribution in [1.29, 1.82) is 0 Å². The van der Waals surface area contributed by atoms with Gasteiger partial charge >= 0.3 is 6.03 Å². The van der Waals surface area contributed by atoms with Crippen LogP contribution in [-0.2, 0) is 6.42 Å². The molecule has 4 rings (SSSR count). The minimum Gasteiger partial charge on any atom is -0.313 e. The number of anilines is 1. The van der Waals surface area contributed by atoms with Crippen LogP contribution in [0.4, 0.5) is 14.9 Å². The van der Waals surface area contributed by atoms with E-state index in [2.05, 4.69) is 31.4 Å². The smallest absolute Gasteiger partial charge is 0.313 e. The van der Waals surface area contributed by atoms with Crippen molar-refractivity contribution in [3.8, 4) is 0 Å². The molecular weight excluding hydrogens is 415 g/mol. The van der Waals surface area contributed by atoms with Gasteiger partial charge in [0.25, 0.3) is 5.56 Å². The number of carbonyl (C=O) groups excluding carboxylic acids is 1. The Hall–Kier alpha value is -1.93.